The molecule has 2 aromatic carbocycles. The normalized spacial score (nSPS) is 11.1. The highest BCUT2D eigenvalue weighted by Gasteiger charge is 2.13. The van der Waals surface area contributed by atoms with Gasteiger partial charge in [-0.05, 0) is 31.2 Å². The minimum atomic E-state index is -0.936. The number of rotatable bonds is 7. The van der Waals surface area contributed by atoms with Crippen LogP contribution in [0.1, 0.15) is 22.8 Å². The van der Waals surface area contributed by atoms with Crippen molar-refractivity contribution in [2.45, 2.75) is 13.0 Å². The summed E-state index contributed by atoms with van der Waals surface area (Å²) in [5.41, 5.74) is 1.05. The van der Waals surface area contributed by atoms with E-state index in [2.05, 4.69) is 6.58 Å². The lowest BCUT2D eigenvalue weighted by molar-refractivity contribution is -0.144. The first-order valence-electron chi connectivity index (χ1n) is 7.87. The summed E-state index contributed by atoms with van der Waals surface area (Å²) in [6.45, 7) is 4.69. The highest BCUT2D eigenvalue weighted by molar-refractivity contribution is 6.09. The molecule has 0 saturated heterocycles. The number of benzene rings is 2. The van der Waals surface area contributed by atoms with Crippen molar-refractivity contribution in [1.29, 1.82) is 0 Å². The summed E-state index contributed by atoms with van der Waals surface area (Å²) in [7, 11) is 0. The van der Waals surface area contributed by atoms with Crippen LogP contribution in [0.5, 0.6) is 5.75 Å². The smallest absolute Gasteiger partial charge is 0.456 e. The van der Waals surface area contributed by atoms with Crippen molar-refractivity contribution in [3.63, 3.8) is 0 Å². The molecule has 134 valence electrons. The van der Waals surface area contributed by atoms with Crippen LogP contribution in [0.2, 0.25) is 0 Å². The number of carbonyl (C=O) groups is 3. The molecule has 26 heavy (non-hydrogen) atoms. The van der Waals surface area contributed by atoms with E-state index in [0.717, 1.165) is 6.08 Å². The molecule has 0 fully saturated rings. The van der Waals surface area contributed by atoms with Gasteiger partial charge in [0.15, 0.2) is 5.78 Å². The van der Waals surface area contributed by atoms with E-state index in [1.54, 1.807) is 43.3 Å². The van der Waals surface area contributed by atoms with Crippen molar-refractivity contribution in [2.75, 3.05) is 6.61 Å². The first kappa shape index (κ1) is 18.9. The Morgan fingerprint density at radius 1 is 1.00 bits per heavy atom. The Bertz CT molecular complexity index is 780. The molecule has 2 rings (SSSR count). The van der Waals surface area contributed by atoms with Gasteiger partial charge in [0.05, 0.1) is 0 Å². The highest BCUT2D eigenvalue weighted by atomic mass is 16.7. The lowest BCUT2D eigenvalue weighted by atomic mass is 10.0. The first-order chi connectivity index (χ1) is 12.5. The topological polar surface area (TPSA) is 78.9 Å². The maximum atomic E-state index is 12.3. The van der Waals surface area contributed by atoms with Crippen molar-refractivity contribution < 1.29 is 28.6 Å². The summed E-state index contributed by atoms with van der Waals surface area (Å²) in [6, 6.07) is 15.0. The van der Waals surface area contributed by atoms with E-state index in [1.165, 1.54) is 12.1 Å². The summed E-state index contributed by atoms with van der Waals surface area (Å²) in [5.74, 6) is -0.499. The monoisotopic (exact) mass is 354 g/mol. The van der Waals surface area contributed by atoms with Crippen molar-refractivity contribution in [1.82, 2.24) is 0 Å². The van der Waals surface area contributed by atoms with Gasteiger partial charge in [0, 0.05) is 17.2 Å². The molecule has 0 heterocycles. The molecule has 0 amide bonds. The van der Waals surface area contributed by atoms with Crippen LogP contribution in [0.25, 0.3) is 0 Å². The Morgan fingerprint density at radius 2 is 1.62 bits per heavy atom. The second kappa shape index (κ2) is 9.17. The second-order valence-corrected chi connectivity index (χ2v) is 5.33. The van der Waals surface area contributed by atoms with Crippen molar-refractivity contribution in [2.24, 2.45) is 0 Å². The molecule has 0 N–H and O–H groups in total. The van der Waals surface area contributed by atoms with Gasteiger partial charge in [-0.15, -0.1) is 0 Å². The Labute approximate surface area is 151 Å². The quantitative estimate of drug-likeness (QED) is 0.327. The molecule has 0 saturated carbocycles. The molecule has 1 atom stereocenters. The molecule has 0 spiro atoms. The summed E-state index contributed by atoms with van der Waals surface area (Å²) >= 11 is 0. The maximum Gasteiger partial charge on any atom is 0.513 e. The number of ether oxygens (including phenoxy) is 3. The van der Waals surface area contributed by atoms with Crippen LogP contribution in [-0.4, -0.2) is 30.6 Å². The van der Waals surface area contributed by atoms with Gasteiger partial charge in [0.2, 0.25) is 0 Å². The van der Waals surface area contributed by atoms with Gasteiger partial charge in [-0.1, -0.05) is 36.9 Å². The van der Waals surface area contributed by atoms with E-state index >= 15 is 0 Å². The fraction of sp³-hybridized carbons (Fsp3) is 0.150. The third kappa shape index (κ3) is 5.59. The molecule has 0 aliphatic carbocycles. The lowest BCUT2D eigenvalue weighted by Crippen LogP contribution is -2.22. The number of hydrogen-bond acceptors (Lipinski definition) is 6. The fourth-order valence-electron chi connectivity index (χ4n) is 2.02. The fourth-order valence-corrected chi connectivity index (χ4v) is 2.02. The highest BCUT2D eigenvalue weighted by Crippen LogP contribution is 2.16. The molecular weight excluding hydrogens is 336 g/mol. The minimum Gasteiger partial charge on any atom is -0.456 e. The van der Waals surface area contributed by atoms with Gasteiger partial charge in [0.1, 0.15) is 18.5 Å². The average molecular weight is 354 g/mol. The Kier molecular flexibility index (Phi) is 6.68. The lowest BCUT2D eigenvalue weighted by Gasteiger charge is -2.12. The number of esters is 1. The van der Waals surface area contributed by atoms with Gasteiger partial charge in [0.25, 0.3) is 0 Å². The van der Waals surface area contributed by atoms with Crippen LogP contribution >= 0.6 is 0 Å². The van der Waals surface area contributed by atoms with E-state index in [4.69, 9.17) is 14.2 Å². The van der Waals surface area contributed by atoms with Crippen molar-refractivity contribution >= 4 is 17.9 Å². The third-order valence-electron chi connectivity index (χ3n) is 3.27. The average Bonchev–Trinajstić information content (AvgIpc) is 2.67. The standard InChI is InChI=1S/C20H18O6/c1-3-18(21)25-14(2)13-24-20(23)26-17-11-9-16(10-12-17)19(22)15-7-5-4-6-8-15/h3-12,14H,1,13H2,2H3. The first-order valence-corrected chi connectivity index (χ1v) is 7.87. The molecular formula is C20H18O6. The van der Waals surface area contributed by atoms with E-state index in [-0.39, 0.29) is 18.1 Å². The maximum absolute atomic E-state index is 12.3. The summed E-state index contributed by atoms with van der Waals surface area (Å²) in [5, 5.41) is 0. The predicted molar refractivity (Wildman–Crippen MR) is 94.0 cm³/mol. The number of carbonyl (C=O) groups excluding carboxylic acids is 3. The van der Waals surface area contributed by atoms with Crippen LogP contribution < -0.4 is 4.74 Å². The van der Waals surface area contributed by atoms with Gasteiger partial charge in [-0.2, -0.15) is 0 Å². The van der Waals surface area contributed by atoms with E-state index in [0.29, 0.717) is 11.1 Å². The number of hydrogen-bond donors (Lipinski definition) is 0. The van der Waals surface area contributed by atoms with Crippen LogP contribution in [0.4, 0.5) is 4.79 Å². The van der Waals surface area contributed by atoms with Crippen LogP contribution in [0.15, 0.2) is 67.3 Å². The molecule has 0 aromatic heterocycles. The van der Waals surface area contributed by atoms with Gasteiger partial charge < -0.3 is 14.2 Å². The molecule has 6 nitrogen and oxygen atoms in total. The van der Waals surface area contributed by atoms with Gasteiger partial charge >= 0.3 is 12.1 Å². The molecule has 2 aromatic rings. The van der Waals surface area contributed by atoms with Gasteiger partial charge in [-0.3, -0.25) is 4.79 Å². The van der Waals surface area contributed by atoms with E-state index in [9.17, 15) is 14.4 Å². The second-order valence-electron chi connectivity index (χ2n) is 5.33. The molecule has 0 bridgehead atoms. The van der Waals surface area contributed by atoms with Crippen LogP contribution in [-0.2, 0) is 14.3 Å². The molecule has 0 aliphatic rings. The Morgan fingerprint density at radius 3 is 2.23 bits per heavy atom. The summed E-state index contributed by atoms with van der Waals surface area (Å²) in [6.07, 6.45) is -0.542. The Balaban J connectivity index is 1.86. The van der Waals surface area contributed by atoms with Crippen LogP contribution in [0, 0.1) is 0 Å². The van der Waals surface area contributed by atoms with Crippen LogP contribution in [0.3, 0.4) is 0 Å². The van der Waals surface area contributed by atoms with E-state index in [1.807, 2.05) is 6.07 Å². The zero-order valence-corrected chi connectivity index (χ0v) is 14.2. The summed E-state index contributed by atoms with van der Waals surface area (Å²) in [4.78, 5) is 34.9. The van der Waals surface area contributed by atoms with Crippen molar-refractivity contribution in [3.8, 4) is 5.75 Å². The zero-order chi connectivity index (χ0) is 18.9. The van der Waals surface area contributed by atoms with E-state index < -0.39 is 18.2 Å². The molecule has 0 radical (unpaired) electrons. The molecule has 0 aliphatic heterocycles. The Hall–Kier alpha value is -3.41. The largest absolute Gasteiger partial charge is 0.513 e. The summed E-state index contributed by atoms with van der Waals surface area (Å²) < 4.78 is 14.7. The molecule has 6 heteroatoms. The third-order valence-corrected chi connectivity index (χ3v) is 3.27. The number of ketones is 1. The zero-order valence-electron chi connectivity index (χ0n) is 14.2. The SMILES string of the molecule is C=CC(=O)OC(C)COC(=O)Oc1ccc(C(=O)c2ccccc2)cc1. The van der Waals surface area contributed by atoms with Gasteiger partial charge in [-0.25, -0.2) is 9.59 Å². The minimum absolute atomic E-state index is 0.127. The molecule has 1 unspecified atom stereocenters. The van der Waals surface area contributed by atoms with Crippen molar-refractivity contribution in [3.05, 3.63) is 78.4 Å². The predicted octanol–water partition coefficient (Wildman–Crippen LogP) is 3.55.